The molecule has 0 unspecified atom stereocenters. The van der Waals surface area contributed by atoms with E-state index in [2.05, 4.69) is 57.2 Å². The first kappa shape index (κ1) is 16.1. The second-order valence-electron chi connectivity index (χ2n) is 7.36. The van der Waals surface area contributed by atoms with Gasteiger partial charge in [0.15, 0.2) is 5.13 Å². The van der Waals surface area contributed by atoms with Gasteiger partial charge in [0.1, 0.15) is 10.7 Å². The van der Waals surface area contributed by atoms with Crippen LogP contribution in [0.1, 0.15) is 51.2 Å². The van der Waals surface area contributed by atoms with Crippen molar-refractivity contribution in [3.8, 4) is 0 Å². The average Bonchev–Trinajstić information content (AvgIpc) is 2.67. The van der Waals surface area contributed by atoms with E-state index in [0.29, 0.717) is 21.7 Å². The first-order chi connectivity index (χ1) is 9.57. The molecule has 1 aromatic rings. The normalized spacial score (nSPS) is 19.6. The van der Waals surface area contributed by atoms with Crippen LogP contribution < -0.4 is 16.4 Å². The molecule has 6 heteroatoms. The Hall–Kier alpha value is -1.30. The van der Waals surface area contributed by atoms with Gasteiger partial charge < -0.3 is 16.4 Å². The van der Waals surface area contributed by atoms with Crippen LogP contribution in [0.3, 0.4) is 0 Å². The Morgan fingerprint density at radius 3 is 2.38 bits per heavy atom. The summed E-state index contributed by atoms with van der Waals surface area (Å²) in [5.41, 5.74) is 6.10. The first-order valence-corrected chi connectivity index (χ1v) is 8.20. The summed E-state index contributed by atoms with van der Waals surface area (Å²) < 4.78 is 0. The molecule has 0 bridgehead atoms. The second-order valence-corrected chi connectivity index (χ2v) is 8.36. The van der Waals surface area contributed by atoms with Crippen LogP contribution in [-0.4, -0.2) is 23.5 Å². The predicted octanol–water partition coefficient (Wildman–Crippen LogP) is 2.96. The summed E-state index contributed by atoms with van der Waals surface area (Å²) in [6.07, 6.45) is 0. The molecule has 5 nitrogen and oxygen atoms in total. The molecule has 1 fully saturated rings. The monoisotopic (exact) mass is 310 g/mol. The fourth-order valence-corrected chi connectivity index (χ4v) is 3.41. The van der Waals surface area contributed by atoms with Crippen LogP contribution in [0.2, 0.25) is 0 Å². The molecule has 1 aliphatic rings. The summed E-state index contributed by atoms with van der Waals surface area (Å²) in [5.74, 6) is 0.701. The van der Waals surface area contributed by atoms with Crippen LogP contribution in [0.4, 0.5) is 10.9 Å². The molecule has 118 valence electrons. The minimum Gasteiger partial charge on any atom is -0.382 e. The van der Waals surface area contributed by atoms with Gasteiger partial charge in [0.2, 0.25) is 0 Å². The maximum absolute atomic E-state index is 12.4. The number of rotatable bonds is 5. The molecule has 0 aromatic carbocycles. The van der Waals surface area contributed by atoms with Crippen molar-refractivity contribution in [2.75, 3.05) is 17.6 Å². The maximum Gasteiger partial charge on any atom is 0.265 e. The molecular formula is C15H26N4OS. The van der Waals surface area contributed by atoms with Crippen molar-refractivity contribution in [2.45, 2.75) is 47.6 Å². The van der Waals surface area contributed by atoms with Crippen molar-refractivity contribution in [3.05, 3.63) is 4.88 Å². The van der Waals surface area contributed by atoms with Gasteiger partial charge in [-0.3, -0.25) is 4.79 Å². The highest BCUT2D eigenvalue weighted by Gasteiger charge is 2.65. The van der Waals surface area contributed by atoms with Crippen molar-refractivity contribution in [3.63, 3.8) is 0 Å². The van der Waals surface area contributed by atoms with Crippen molar-refractivity contribution in [1.82, 2.24) is 10.3 Å². The molecule has 0 saturated heterocycles. The Balaban J connectivity index is 2.04. The van der Waals surface area contributed by atoms with Gasteiger partial charge >= 0.3 is 0 Å². The van der Waals surface area contributed by atoms with Crippen molar-refractivity contribution < 1.29 is 4.79 Å². The lowest BCUT2D eigenvalue weighted by atomic mass is 10.0. The first-order valence-electron chi connectivity index (χ1n) is 7.38. The highest BCUT2D eigenvalue weighted by molar-refractivity contribution is 7.18. The third-order valence-electron chi connectivity index (χ3n) is 4.82. The third kappa shape index (κ3) is 2.86. The highest BCUT2D eigenvalue weighted by Crippen LogP contribution is 2.62. The quantitative estimate of drug-likeness (QED) is 0.781. The SMILES string of the molecule is CC(C)CNc1nc(N)c(C(=O)NC2C(C)(C)C2(C)C)s1. The van der Waals surface area contributed by atoms with E-state index in [1.165, 1.54) is 11.3 Å². The van der Waals surface area contributed by atoms with Gasteiger partial charge in [-0.1, -0.05) is 52.9 Å². The minimum absolute atomic E-state index is 0.112. The van der Waals surface area contributed by atoms with Gasteiger partial charge in [0, 0.05) is 12.6 Å². The Labute approximate surface area is 130 Å². The molecule has 0 atom stereocenters. The lowest BCUT2D eigenvalue weighted by Gasteiger charge is -2.05. The molecule has 1 amide bonds. The molecule has 1 aromatic heterocycles. The Morgan fingerprint density at radius 2 is 1.90 bits per heavy atom. The van der Waals surface area contributed by atoms with Crippen molar-refractivity contribution in [1.29, 1.82) is 0 Å². The summed E-state index contributed by atoms with van der Waals surface area (Å²) in [7, 11) is 0. The van der Waals surface area contributed by atoms with Gasteiger partial charge in [0.25, 0.3) is 5.91 Å². The number of hydrogen-bond donors (Lipinski definition) is 3. The minimum atomic E-state index is -0.119. The second kappa shape index (κ2) is 5.16. The number of nitrogens with two attached hydrogens (primary N) is 1. The van der Waals surface area contributed by atoms with Gasteiger partial charge in [-0.25, -0.2) is 4.98 Å². The summed E-state index contributed by atoms with van der Waals surface area (Å²) in [4.78, 5) is 17.1. The number of nitrogens with zero attached hydrogens (tertiary/aromatic N) is 1. The van der Waals surface area contributed by atoms with Crippen LogP contribution in [-0.2, 0) is 0 Å². The molecule has 1 aliphatic carbocycles. The molecule has 2 rings (SSSR count). The number of hydrogen-bond acceptors (Lipinski definition) is 5. The topological polar surface area (TPSA) is 80.0 Å². The van der Waals surface area contributed by atoms with Gasteiger partial charge in [-0.05, 0) is 16.7 Å². The maximum atomic E-state index is 12.4. The summed E-state index contributed by atoms with van der Waals surface area (Å²) in [6, 6.07) is 0.172. The zero-order valence-corrected chi connectivity index (χ0v) is 14.5. The number of thiazole rings is 1. The van der Waals surface area contributed by atoms with E-state index in [1.807, 2.05) is 0 Å². The predicted molar refractivity (Wildman–Crippen MR) is 88.7 cm³/mol. The Bertz CT molecular complexity index is 534. The van der Waals surface area contributed by atoms with Crippen LogP contribution in [0.5, 0.6) is 0 Å². The number of aromatic nitrogens is 1. The molecule has 4 N–H and O–H groups in total. The van der Waals surface area contributed by atoms with Crippen LogP contribution >= 0.6 is 11.3 Å². The molecule has 0 spiro atoms. The summed E-state index contributed by atoms with van der Waals surface area (Å²) >= 11 is 1.32. The zero-order valence-electron chi connectivity index (χ0n) is 13.7. The van der Waals surface area contributed by atoms with Crippen molar-refractivity contribution in [2.24, 2.45) is 16.7 Å². The number of nitrogen functional groups attached to an aromatic ring is 1. The van der Waals surface area contributed by atoms with E-state index in [4.69, 9.17) is 5.73 Å². The molecule has 1 heterocycles. The highest BCUT2D eigenvalue weighted by atomic mass is 32.1. The van der Waals surface area contributed by atoms with Gasteiger partial charge in [-0.2, -0.15) is 0 Å². The van der Waals surface area contributed by atoms with E-state index in [0.717, 1.165) is 6.54 Å². The van der Waals surface area contributed by atoms with E-state index >= 15 is 0 Å². The number of carbonyl (C=O) groups excluding carboxylic acids is 1. The number of anilines is 2. The Morgan fingerprint density at radius 1 is 1.33 bits per heavy atom. The molecule has 0 radical (unpaired) electrons. The fraction of sp³-hybridized carbons (Fsp3) is 0.733. The number of amides is 1. The third-order valence-corrected chi connectivity index (χ3v) is 5.84. The van der Waals surface area contributed by atoms with Crippen LogP contribution in [0.15, 0.2) is 0 Å². The molecule has 21 heavy (non-hydrogen) atoms. The standard InChI is InChI=1S/C15H26N4OS/c1-8(2)7-17-13-18-10(16)9(21-13)11(20)19-12-14(3,4)15(12,5)6/h8,12H,7,16H2,1-6H3,(H,17,18)(H,19,20). The number of carbonyl (C=O) groups is 1. The van der Waals surface area contributed by atoms with E-state index in [9.17, 15) is 4.79 Å². The molecule has 1 saturated carbocycles. The molecular weight excluding hydrogens is 284 g/mol. The van der Waals surface area contributed by atoms with Crippen molar-refractivity contribution >= 4 is 28.2 Å². The van der Waals surface area contributed by atoms with E-state index < -0.39 is 0 Å². The summed E-state index contributed by atoms with van der Waals surface area (Å²) in [6.45, 7) is 13.7. The average molecular weight is 310 g/mol. The van der Waals surface area contributed by atoms with Gasteiger partial charge in [-0.15, -0.1) is 0 Å². The zero-order chi connectivity index (χ0) is 16.0. The largest absolute Gasteiger partial charge is 0.382 e. The lowest BCUT2D eigenvalue weighted by Crippen LogP contribution is -2.29. The van der Waals surface area contributed by atoms with Gasteiger partial charge in [0.05, 0.1) is 0 Å². The fourth-order valence-electron chi connectivity index (χ4n) is 2.62. The molecule has 0 aliphatic heterocycles. The van der Waals surface area contributed by atoms with Crippen LogP contribution in [0, 0.1) is 16.7 Å². The summed E-state index contributed by atoms with van der Waals surface area (Å²) in [5, 5.41) is 7.01. The smallest absolute Gasteiger partial charge is 0.265 e. The van der Waals surface area contributed by atoms with Crippen LogP contribution in [0.25, 0.3) is 0 Å². The van der Waals surface area contributed by atoms with E-state index in [-0.39, 0.29) is 22.8 Å². The van der Waals surface area contributed by atoms with E-state index in [1.54, 1.807) is 0 Å². The lowest BCUT2D eigenvalue weighted by molar-refractivity contribution is 0.0948. The number of nitrogens with one attached hydrogen (secondary N) is 2. The Kier molecular flexibility index (Phi) is 3.95.